The van der Waals surface area contributed by atoms with Crippen LogP contribution in [0.3, 0.4) is 0 Å². The van der Waals surface area contributed by atoms with Gasteiger partial charge in [0.25, 0.3) is 0 Å². The van der Waals surface area contributed by atoms with Crippen LogP contribution in [0.4, 0.5) is 5.13 Å². The Hall–Kier alpha value is -3.02. The van der Waals surface area contributed by atoms with Crippen LogP contribution in [0.5, 0.6) is 0 Å². The summed E-state index contributed by atoms with van der Waals surface area (Å²) in [6, 6.07) is 27.5. The van der Waals surface area contributed by atoms with Crippen molar-refractivity contribution in [1.82, 2.24) is 10.2 Å². The maximum atomic E-state index is 12.8. The van der Waals surface area contributed by atoms with E-state index in [1.807, 2.05) is 48.5 Å². The first-order valence-corrected chi connectivity index (χ1v) is 10.4. The van der Waals surface area contributed by atoms with E-state index in [4.69, 9.17) is 11.6 Å². The van der Waals surface area contributed by atoms with Crippen molar-refractivity contribution in [3.8, 4) is 10.6 Å². The van der Waals surface area contributed by atoms with Crippen LogP contribution >= 0.6 is 22.9 Å². The van der Waals surface area contributed by atoms with Crippen molar-refractivity contribution in [2.75, 3.05) is 5.32 Å². The number of carbonyl (C=O) groups is 1. The molecule has 0 fully saturated rings. The minimum absolute atomic E-state index is 0.0268. The zero-order valence-corrected chi connectivity index (χ0v) is 17.0. The summed E-state index contributed by atoms with van der Waals surface area (Å²) in [6.45, 7) is 0. The van der Waals surface area contributed by atoms with Crippen molar-refractivity contribution >= 4 is 34.0 Å². The average Bonchev–Trinajstić information content (AvgIpc) is 3.22. The van der Waals surface area contributed by atoms with E-state index in [2.05, 4.69) is 39.8 Å². The number of hydrogen-bond donors (Lipinski definition) is 1. The molecule has 1 N–H and O–H groups in total. The maximum absolute atomic E-state index is 12.8. The lowest BCUT2D eigenvalue weighted by atomic mass is 9.88. The first-order chi connectivity index (χ1) is 14.2. The molecule has 0 unspecified atom stereocenters. The molecule has 0 atom stereocenters. The fraction of sp³-hybridized carbons (Fsp3) is 0.0870. The van der Waals surface area contributed by atoms with Gasteiger partial charge in [0.15, 0.2) is 0 Å². The maximum Gasteiger partial charge on any atom is 0.227 e. The number of benzene rings is 3. The third-order valence-electron chi connectivity index (χ3n) is 4.56. The van der Waals surface area contributed by atoms with Crippen LogP contribution in [0, 0.1) is 0 Å². The summed E-state index contributed by atoms with van der Waals surface area (Å²) in [7, 11) is 0. The fourth-order valence-corrected chi connectivity index (χ4v) is 4.03. The van der Waals surface area contributed by atoms with Gasteiger partial charge in [0.1, 0.15) is 5.01 Å². The summed E-state index contributed by atoms with van der Waals surface area (Å²) in [4.78, 5) is 12.8. The van der Waals surface area contributed by atoms with E-state index in [9.17, 15) is 4.79 Å². The topological polar surface area (TPSA) is 54.9 Å². The minimum atomic E-state index is -0.0958. The highest BCUT2D eigenvalue weighted by molar-refractivity contribution is 7.18. The molecule has 0 saturated carbocycles. The predicted octanol–water partition coefficient (Wildman–Crippen LogP) is 6.02. The highest BCUT2D eigenvalue weighted by Gasteiger charge is 2.19. The first kappa shape index (κ1) is 19.3. The molecule has 0 radical (unpaired) electrons. The third kappa shape index (κ3) is 4.88. The van der Waals surface area contributed by atoms with Gasteiger partial charge in [-0.2, -0.15) is 0 Å². The standard InChI is InChI=1S/C23H18ClN3OS/c24-19-13-11-18(12-14-19)22-26-27-23(29-22)25-21(28)15-20(16-7-3-1-4-8-16)17-9-5-2-6-10-17/h1-14,20H,15H2,(H,25,27,28). The summed E-state index contributed by atoms with van der Waals surface area (Å²) >= 11 is 7.27. The van der Waals surface area contributed by atoms with Crippen LogP contribution in [-0.4, -0.2) is 16.1 Å². The molecule has 0 aliphatic carbocycles. The van der Waals surface area contributed by atoms with Crippen molar-refractivity contribution in [3.63, 3.8) is 0 Å². The molecular formula is C23H18ClN3OS. The largest absolute Gasteiger partial charge is 0.300 e. The van der Waals surface area contributed by atoms with Gasteiger partial charge in [0, 0.05) is 22.9 Å². The molecule has 144 valence electrons. The monoisotopic (exact) mass is 419 g/mol. The van der Waals surface area contributed by atoms with Gasteiger partial charge in [-0.15, -0.1) is 10.2 Å². The lowest BCUT2D eigenvalue weighted by Gasteiger charge is -2.17. The second-order valence-corrected chi connectivity index (χ2v) is 7.96. The quantitative estimate of drug-likeness (QED) is 0.415. The Balaban J connectivity index is 1.49. The van der Waals surface area contributed by atoms with Crippen LogP contribution in [0.25, 0.3) is 10.6 Å². The number of carbonyl (C=O) groups excluding carboxylic acids is 1. The number of hydrogen-bond acceptors (Lipinski definition) is 4. The smallest absolute Gasteiger partial charge is 0.227 e. The second kappa shape index (κ2) is 8.99. The van der Waals surface area contributed by atoms with Crippen LogP contribution in [0.1, 0.15) is 23.5 Å². The molecule has 1 amide bonds. The normalized spacial score (nSPS) is 10.8. The van der Waals surface area contributed by atoms with E-state index in [-0.39, 0.29) is 11.8 Å². The molecule has 4 aromatic rings. The average molecular weight is 420 g/mol. The highest BCUT2D eigenvalue weighted by atomic mass is 35.5. The molecule has 0 spiro atoms. The lowest BCUT2D eigenvalue weighted by molar-refractivity contribution is -0.116. The predicted molar refractivity (Wildman–Crippen MR) is 118 cm³/mol. The summed E-state index contributed by atoms with van der Waals surface area (Å²) in [5.41, 5.74) is 3.12. The number of halogens is 1. The van der Waals surface area contributed by atoms with Crippen molar-refractivity contribution < 1.29 is 4.79 Å². The number of nitrogens with one attached hydrogen (secondary N) is 1. The molecular weight excluding hydrogens is 402 g/mol. The number of aromatic nitrogens is 2. The molecule has 1 aromatic heterocycles. The van der Waals surface area contributed by atoms with Gasteiger partial charge in [-0.3, -0.25) is 4.79 Å². The van der Waals surface area contributed by atoms with Gasteiger partial charge in [-0.1, -0.05) is 95.7 Å². The Labute approximate surface area is 178 Å². The Morgan fingerprint density at radius 3 is 2.03 bits per heavy atom. The van der Waals surface area contributed by atoms with E-state index in [0.717, 1.165) is 21.7 Å². The van der Waals surface area contributed by atoms with E-state index in [0.29, 0.717) is 16.6 Å². The molecule has 6 heteroatoms. The van der Waals surface area contributed by atoms with E-state index in [1.54, 1.807) is 12.1 Å². The first-order valence-electron chi connectivity index (χ1n) is 9.18. The number of amides is 1. The van der Waals surface area contributed by atoms with Gasteiger partial charge < -0.3 is 5.32 Å². The van der Waals surface area contributed by atoms with E-state index in [1.165, 1.54) is 11.3 Å². The van der Waals surface area contributed by atoms with Crippen molar-refractivity contribution in [2.24, 2.45) is 0 Å². The van der Waals surface area contributed by atoms with Crippen LogP contribution in [0.2, 0.25) is 5.02 Å². The molecule has 0 aliphatic rings. The third-order valence-corrected chi connectivity index (χ3v) is 5.70. The summed E-state index contributed by atoms with van der Waals surface area (Å²) in [5, 5.41) is 13.1. The van der Waals surface area contributed by atoms with Gasteiger partial charge in [0.2, 0.25) is 11.0 Å². The Kier molecular flexibility index (Phi) is 5.98. The van der Waals surface area contributed by atoms with E-state index < -0.39 is 0 Å². The van der Waals surface area contributed by atoms with E-state index >= 15 is 0 Å². The molecule has 0 aliphatic heterocycles. The van der Waals surface area contributed by atoms with Crippen LogP contribution in [0.15, 0.2) is 84.9 Å². The summed E-state index contributed by atoms with van der Waals surface area (Å²) in [6.07, 6.45) is 0.323. The number of nitrogens with zero attached hydrogens (tertiary/aromatic N) is 2. The molecule has 29 heavy (non-hydrogen) atoms. The van der Waals surface area contributed by atoms with Gasteiger partial charge in [-0.05, 0) is 23.3 Å². The van der Waals surface area contributed by atoms with Crippen LogP contribution in [-0.2, 0) is 4.79 Å². The van der Waals surface area contributed by atoms with Crippen LogP contribution < -0.4 is 5.32 Å². The highest BCUT2D eigenvalue weighted by Crippen LogP contribution is 2.30. The SMILES string of the molecule is O=C(CC(c1ccccc1)c1ccccc1)Nc1nnc(-c2ccc(Cl)cc2)s1. The van der Waals surface area contributed by atoms with Gasteiger partial charge >= 0.3 is 0 Å². The van der Waals surface area contributed by atoms with Gasteiger partial charge in [-0.25, -0.2) is 0 Å². The molecule has 4 nitrogen and oxygen atoms in total. The second-order valence-electron chi connectivity index (χ2n) is 6.55. The zero-order valence-electron chi connectivity index (χ0n) is 15.5. The summed E-state index contributed by atoms with van der Waals surface area (Å²) in [5.74, 6) is -0.123. The number of anilines is 1. The van der Waals surface area contributed by atoms with Crippen molar-refractivity contribution in [1.29, 1.82) is 0 Å². The Bertz CT molecular complexity index is 1040. The summed E-state index contributed by atoms with van der Waals surface area (Å²) < 4.78 is 0. The molecule has 1 heterocycles. The van der Waals surface area contributed by atoms with Gasteiger partial charge in [0.05, 0.1) is 0 Å². The van der Waals surface area contributed by atoms with Crippen molar-refractivity contribution in [3.05, 3.63) is 101 Å². The fourth-order valence-electron chi connectivity index (χ4n) is 3.14. The lowest BCUT2D eigenvalue weighted by Crippen LogP contribution is -2.16. The molecule has 0 bridgehead atoms. The minimum Gasteiger partial charge on any atom is -0.300 e. The zero-order chi connectivity index (χ0) is 20.1. The molecule has 0 saturated heterocycles. The molecule has 3 aromatic carbocycles. The Morgan fingerprint density at radius 2 is 1.45 bits per heavy atom. The Morgan fingerprint density at radius 1 is 0.862 bits per heavy atom. The number of rotatable bonds is 6. The van der Waals surface area contributed by atoms with Crippen molar-refractivity contribution in [2.45, 2.75) is 12.3 Å². The molecule has 4 rings (SSSR count).